The summed E-state index contributed by atoms with van der Waals surface area (Å²) in [5.41, 5.74) is 0.262. The van der Waals surface area contributed by atoms with E-state index >= 15 is 0 Å². The summed E-state index contributed by atoms with van der Waals surface area (Å²) in [6.07, 6.45) is 6.45. The molecule has 1 spiro atoms. The van der Waals surface area contributed by atoms with E-state index in [-0.39, 0.29) is 5.60 Å². The molecule has 3 heteroatoms. The van der Waals surface area contributed by atoms with E-state index in [0.29, 0.717) is 4.83 Å². The van der Waals surface area contributed by atoms with Crippen molar-refractivity contribution in [2.24, 2.45) is 11.8 Å². The third kappa shape index (κ3) is 3.87. The SMILES string of the molecule is CC(Br)CC(C)C1CCOC2(CCSCC2)C1. The predicted octanol–water partition coefficient (Wildman–Crippen LogP) is 4.49. The van der Waals surface area contributed by atoms with E-state index < -0.39 is 0 Å². The van der Waals surface area contributed by atoms with E-state index in [9.17, 15) is 0 Å². The summed E-state index contributed by atoms with van der Waals surface area (Å²) >= 11 is 5.79. The van der Waals surface area contributed by atoms with Gasteiger partial charge in [-0.05, 0) is 55.4 Å². The molecule has 2 heterocycles. The minimum atomic E-state index is 0.262. The number of hydrogen-bond acceptors (Lipinski definition) is 2. The molecule has 0 aromatic heterocycles. The molecule has 0 N–H and O–H groups in total. The van der Waals surface area contributed by atoms with Crippen LogP contribution in [0.2, 0.25) is 0 Å². The van der Waals surface area contributed by atoms with Gasteiger partial charge in [-0.3, -0.25) is 0 Å². The molecule has 0 radical (unpaired) electrons. The highest BCUT2D eigenvalue weighted by molar-refractivity contribution is 9.09. The van der Waals surface area contributed by atoms with Crippen molar-refractivity contribution >= 4 is 27.7 Å². The minimum Gasteiger partial charge on any atom is -0.375 e. The molecule has 0 amide bonds. The molecule has 0 aliphatic carbocycles. The Hall–Kier alpha value is 0.790. The Balaban J connectivity index is 1.91. The van der Waals surface area contributed by atoms with Crippen molar-refractivity contribution in [2.45, 2.75) is 56.4 Å². The lowest BCUT2D eigenvalue weighted by molar-refractivity contribution is -0.110. The molecule has 2 fully saturated rings. The van der Waals surface area contributed by atoms with Crippen LogP contribution in [0.15, 0.2) is 0 Å². The average molecular weight is 321 g/mol. The highest BCUT2D eigenvalue weighted by atomic mass is 79.9. The van der Waals surface area contributed by atoms with E-state index in [1.807, 2.05) is 0 Å². The van der Waals surface area contributed by atoms with Crippen LogP contribution in [-0.2, 0) is 4.74 Å². The first kappa shape index (κ1) is 14.2. The van der Waals surface area contributed by atoms with Gasteiger partial charge in [0, 0.05) is 11.4 Å². The topological polar surface area (TPSA) is 9.23 Å². The Morgan fingerprint density at radius 1 is 1.35 bits per heavy atom. The maximum Gasteiger partial charge on any atom is 0.0701 e. The second-order valence-electron chi connectivity index (χ2n) is 5.89. The smallest absolute Gasteiger partial charge is 0.0701 e. The van der Waals surface area contributed by atoms with Gasteiger partial charge in [-0.15, -0.1) is 0 Å². The lowest BCUT2D eigenvalue weighted by Crippen LogP contribution is -2.44. The second-order valence-corrected chi connectivity index (χ2v) is 8.68. The highest BCUT2D eigenvalue weighted by Gasteiger charge is 2.40. The molecule has 2 aliphatic rings. The van der Waals surface area contributed by atoms with E-state index in [0.717, 1.165) is 18.4 Å². The van der Waals surface area contributed by atoms with E-state index in [2.05, 4.69) is 41.5 Å². The minimum absolute atomic E-state index is 0.262. The number of halogens is 1. The maximum atomic E-state index is 6.17. The van der Waals surface area contributed by atoms with Gasteiger partial charge in [0.2, 0.25) is 0 Å². The number of ether oxygens (including phenoxy) is 1. The van der Waals surface area contributed by atoms with Crippen LogP contribution >= 0.6 is 27.7 Å². The van der Waals surface area contributed by atoms with Gasteiger partial charge in [0.05, 0.1) is 5.60 Å². The van der Waals surface area contributed by atoms with Crippen LogP contribution in [0.4, 0.5) is 0 Å². The normalized spacial score (nSPS) is 32.3. The lowest BCUT2D eigenvalue weighted by atomic mass is 9.75. The van der Waals surface area contributed by atoms with Crippen LogP contribution in [0.5, 0.6) is 0 Å². The molecule has 3 unspecified atom stereocenters. The van der Waals surface area contributed by atoms with Crippen LogP contribution in [0.3, 0.4) is 0 Å². The van der Waals surface area contributed by atoms with Crippen molar-refractivity contribution in [1.29, 1.82) is 0 Å². The fourth-order valence-electron chi connectivity index (χ4n) is 3.35. The van der Waals surface area contributed by atoms with Gasteiger partial charge < -0.3 is 4.74 Å². The summed E-state index contributed by atoms with van der Waals surface area (Å²) in [5, 5.41) is 0. The summed E-state index contributed by atoms with van der Waals surface area (Å²) in [5.74, 6) is 4.32. The molecule has 0 aromatic rings. The van der Waals surface area contributed by atoms with Crippen molar-refractivity contribution in [3.05, 3.63) is 0 Å². The molecular weight excluding hydrogens is 296 g/mol. The Kier molecular flexibility index (Phi) is 5.26. The third-order valence-electron chi connectivity index (χ3n) is 4.44. The van der Waals surface area contributed by atoms with E-state index in [1.165, 1.54) is 43.6 Å². The fourth-order valence-corrected chi connectivity index (χ4v) is 5.17. The predicted molar refractivity (Wildman–Crippen MR) is 80.1 cm³/mol. The second kappa shape index (κ2) is 6.29. The molecule has 2 aliphatic heterocycles. The Morgan fingerprint density at radius 3 is 2.71 bits per heavy atom. The molecule has 100 valence electrons. The van der Waals surface area contributed by atoms with Crippen LogP contribution in [-0.4, -0.2) is 28.5 Å². The van der Waals surface area contributed by atoms with Crippen molar-refractivity contribution < 1.29 is 4.74 Å². The van der Waals surface area contributed by atoms with Crippen molar-refractivity contribution in [3.63, 3.8) is 0 Å². The quantitative estimate of drug-likeness (QED) is 0.708. The molecule has 0 aromatic carbocycles. The van der Waals surface area contributed by atoms with Gasteiger partial charge >= 0.3 is 0 Å². The van der Waals surface area contributed by atoms with Crippen LogP contribution in [0.25, 0.3) is 0 Å². The van der Waals surface area contributed by atoms with Gasteiger partial charge in [-0.2, -0.15) is 11.8 Å². The Bertz CT molecular complexity index is 233. The Morgan fingerprint density at radius 2 is 2.06 bits per heavy atom. The molecule has 17 heavy (non-hydrogen) atoms. The molecule has 2 saturated heterocycles. The van der Waals surface area contributed by atoms with Gasteiger partial charge in [0.15, 0.2) is 0 Å². The van der Waals surface area contributed by atoms with Crippen molar-refractivity contribution in [1.82, 2.24) is 0 Å². The van der Waals surface area contributed by atoms with Crippen molar-refractivity contribution in [2.75, 3.05) is 18.1 Å². The summed E-state index contributed by atoms with van der Waals surface area (Å²) in [6.45, 7) is 5.69. The van der Waals surface area contributed by atoms with Crippen LogP contribution < -0.4 is 0 Å². The molecule has 2 rings (SSSR count). The molecule has 1 nitrogen and oxygen atoms in total. The summed E-state index contributed by atoms with van der Waals surface area (Å²) in [4.78, 5) is 0.651. The maximum absolute atomic E-state index is 6.17. The van der Waals surface area contributed by atoms with Crippen LogP contribution in [0, 0.1) is 11.8 Å². The number of rotatable bonds is 3. The molecular formula is C14H25BrOS. The third-order valence-corrected chi connectivity index (χ3v) is 5.80. The zero-order valence-electron chi connectivity index (χ0n) is 11.1. The van der Waals surface area contributed by atoms with Gasteiger partial charge in [-0.25, -0.2) is 0 Å². The largest absolute Gasteiger partial charge is 0.375 e. The Labute approximate surface area is 119 Å². The fraction of sp³-hybridized carbons (Fsp3) is 1.00. The monoisotopic (exact) mass is 320 g/mol. The first-order chi connectivity index (χ1) is 8.11. The highest BCUT2D eigenvalue weighted by Crippen LogP contribution is 2.42. The standard InChI is InChI=1S/C14H25BrOS/c1-11(9-12(2)15)13-3-6-16-14(10-13)4-7-17-8-5-14/h11-13H,3-10H2,1-2H3. The summed E-state index contributed by atoms with van der Waals surface area (Å²) < 4.78 is 6.17. The zero-order chi connectivity index (χ0) is 12.3. The van der Waals surface area contributed by atoms with E-state index in [1.54, 1.807) is 0 Å². The summed E-state index contributed by atoms with van der Waals surface area (Å²) in [7, 11) is 0. The van der Waals surface area contributed by atoms with E-state index in [4.69, 9.17) is 4.74 Å². The van der Waals surface area contributed by atoms with Gasteiger partial charge in [-0.1, -0.05) is 29.8 Å². The molecule has 3 atom stereocenters. The number of hydrogen-bond donors (Lipinski definition) is 0. The van der Waals surface area contributed by atoms with Gasteiger partial charge in [0.1, 0.15) is 0 Å². The average Bonchev–Trinajstić information content (AvgIpc) is 2.29. The number of thioether (sulfide) groups is 1. The van der Waals surface area contributed by atoms with Gasteiger partial charge in [0.25, 0.3) is 0 Å². The van der Waals surface area contributed by atoms with Crippen LogP contribution in [0.1, 0.15) is 46.0 Å². The van der Waals surface area contributed by atoms with Crippen molar-refractivity contribution in [3.8, 4) is 0 Å². The summed E-state index contributed by atoms with van der Waals surface area (Å²) in [6, 6.07) is 0. The number of alkyl halides is 1. The molecule has 0 bridgehead atoms. The molecule has 0 saturated carbocycles. The first-order valence-corrected chi connectivity index (χ1v) is 9.04. The lowest BCUT2D eigenvalue weighted by Gasteiger charge is -2.45. The zero-order valence-corrected chi connectivity index (χ0v) is 13.5. The first-order valence-electron chi connectivity index (χ1n) is 6.97.